The van der Waals surface area contributed by atoms with Crippen LogP contribution in [0.15, 0.2) is 54.7 Å². The summed E-state index contributed by atoms with van der Waals surface area (Å²) in [6.07, 6.45) is 1.58. The first-order valence-electron chi connectivity index (χ1n) is 13.9. The van der Waals surface area contributed by atoms with Gasteiger partial charge < -0.3 is 26.2 Å². The van der Waals surface area contributed by atoms with Gasteiger partial charge in [-0.2, -0.15) is 0 Å². The number of carbonyl (C=O) groups excluding carboxylic acids is 1. The summed E-state index contributed by atoms with van der Waals surface area (Å²) in [5.41, 5.74) is 9.10. The predicted octanol–water partition coefficient (Wildman–Crippen LogP) is 4.21. The van der Waals surface area contributed by atoms with E-state index >= 15 is 0 Å². The highest BCUT2D eigenvalue weighted by molar-refractivity contribution is 5.79. The van der Waals surface area contributed by atoms with Crippen molar-refractivity contribution in [1.82, 2.24) is 14.8 Å². The van der Waals surface area contributed by atoms with E-state index in [4.69, 9.17) is 5.73 Å². The molecule has 0 spiro atoms. The number of piperazine rings is 1. The molecule has 1 aliphatic rings. The van der Waals surface area contributed by atoms with Crippen LogP contribution in [0.5, 0.6) is 0 Å². The summed E-state index contributed by atoms with van der Waals surface area (Å²) >= 11 is 0. The Morgan fingerprint density at radius 3 is 2.42 bits per heavy atom. The van der Waals surface area contributed by atoms with Crippen LogP contribution < -0.4 is 21.3 Å². The van der Waals surface area contributed by atoms with Gasteiger partial charge in [0.05, 0.1) is 6.42 Å². The SMILES string of the molecule is CCN(CC)CCN1CCN(c2cccc(Nc3cc(NCc4cc(F)cc(F)c4)c(CC(N)=O)cn3)c2)CC1. The summed E-state index contributed by atoms with van der Waals surface area (Å²) in [6, 6.07) is 13.3. The number of hydrogen-bond donors (Lipinski definition) is 3. The number of pyridine rings is 1. The molecule has 4 rings (SSSR count). The molecule has 0 unspecified atom stereocenters. The van der Waals surface area contributed by atoms with Crippen LogP contribution in [0, 0.1) is 11.6 Å². The molecule has 1 aromatic heterocycles. The molecule has 2 aromatic carbocycles. The van der Waals surface area contributed by atoms with E-state index < -0.39 is 17.5 Å². The summed E-state index contributed by atoms with van der Waals surface area (Å²) in [4.78, 5) is 23.5. The molecular formula is C30H39F2N7O. The number of aromatic nitrogens is 1. The van der Waals surface area contributed by atoms with Gasteiger partial charge in [-0.05, 0) is 49.0 Å². The second kappa shape index (κ2) is 14.0. The van der Waals surface area contributed by atoms with Crippen LogP contribution in [0.25, 0.3) is 0 Å². The lowest BCUT2D eigenvalue weighted by Gasteiger charge is -2.37. The van der Waals surface area contributed by atoms with Gasteiger partial charge in [-0.25, -0.2) is 13.8 Å². The molecule has 214 valence electrons. The zero-order valence-electron chi connectivity index (χ0n) is 23.3. The number of anilines is 4. The molecule has 0 aliphatic carbocycles. The molecule has 8 nitrogen and oxygen atoms in total. The van der Waals surface area contributed by atoms with Crippen molar-refractivity contribution in [2.24, 2.45) is 5.73 Å². The van der Waals surface area contributed by atoms with Gasteiger partial charge in [0.2, 0.25) is 5.91 Å². The van der Waals surface area contributed by atoms with Crippen LogP contribution in [0.4, 0.5) is 31.7 Å². The van der Waals surface area contributed by atoms with Crippen molar-refractivity contribution in [3.8, 4) is 0 Å². The number of carbonyl (C=O) groups is 1. The monoisotopic (exact) mass is 551 g/mol. The van der Waals surface area contributed by atoms with Gasteiger partial charge in [-0.3, -0.25) is 9.69 Å². The summed E-state index contributed by atoms with van der Waals surface area (Å²) in [5.74, 6) is -1.22. The quantitative estimate of drug-likeness (QED) is 0.293. The highest BCUT2D eigenvalue weighted by atomic mass is 19.1. The minimum atomic E-state index is -0.646. The first-order chi connectivity index (χ1) is 19.3. The van der Waals surface area contributed by atoms with Gasteiger partial charge in [0.15, 0.2) is 0 Å². The summed E-state index contributed by atoms with van der Waals surface area (Å²) < 4.78 is 27.3. The normalized spacial score (nSPS) is 14.0. The average molecular weight is 552 g/mol. The van der Waals surface area contributed by atoms with Gasteiger partial charge in [0.1, 0.15) is 17.5 Å². The van der Waals surface area contributed by atoms with Gasteiger partial charge in [-0.15, -0.1) is 0 Å². The van der Waals surface area contributed by atoms with E-state index in [-0.39, 0.29) is 13.0 Å². The minimum Gasteiger partial charge on any atom is -0.381 e. The molecule has 4 N–H and O–H groups in total. The molecule has 0 radical (unpaired) electrons. The Kier molecular flexibility index (Phi) is 10.3. The van der Waals surface area contributed by atoms with Crippen molar-refractivity contribution >= 4 is 28.8 Å². The van der Waals surface area contributed by atoms with E-state index in [0.29, 0.717) is 22.6 Å². The molecule has 3 aromatic rings. The van der Waals surface area contributed by atoms with Crippen molar-refractivity contribution in [3.05, 3.63) is 77.5 Å². The van der Waals surface area contributed by atoms with Gasteiger partial charge in [0, 0.05) is 86.8 Å². The number of rotatable bonds is 13. The zero-order chi connectivity index (χ0) is 28.5. The first kappa shape index (κ1) is 29.2. The van der Waals surface area contributed by atoms with Crippen LogP contribution in [0.1, 0.15) is 25.0 Å². The van der Waals surface area contributed by atoms with E-state index in [9.17, 15) is 13.6 Å². The van der Waals surface area contributed by atoms with E-state index in [1.807, 2.05) is 12.1 Å². The van der Waals surface area contributed by atoms with Crippen LogP contribution in [0.3, 0.4) is 0 Å². The number of nitrogens with zero attached hydrogens (tertiary/aromatic N) is 4. The number of hydrogen-bond acceptors (Lipinski definition) is 7. The van der Waals surface area contributed by atoms with Crippen molar-refractivity contribution in [1.29, 1.82) is 0 Å². The lowest BCUT2D eigenvalue weighted by Crippen LogP contribution is -2.48. The third-order valence-electron chi connectivity index (χ3n) is 7.24. The fraction of sp³-hybridized carbons (Fsp3) is 0.400. The molecule has 1 amide bonds. The topological polar surface area (TPSA) is 89.8 Å². The van der Waals surface area contributed by atoms with Gasteiger partial charge in [0.25, 0.3) is 0 Å². The molecular weight excluding hydrogens is 512 g/mol. The van der Waals surface area contributed by atoms with Crippen LogP contribution in [0.2, 0.25) is 0 Å². The second-order valence-electron chi connectivity index (χ2n) is 10.0. The summed E-state index contributed by atoms with van der Waals surface area (Å²) in [7, 11) is 0. The second-order valence-corrected chi connectivity index (χ2v) is 10.0. The Morgan fingerprint density at radius 1 is 1.02 bits per heavy atom. The summed E-state index contributed by atoms with van der Waals surface area (Å²) in [6.45, 7) is 13.0. The van der Waals surface area contributed by atoms with E-state index in [1.54, 1.807) is 12.3 Å². The first-order valence-corrected chi connectivity index (χ1v) is 13.9. The Balaban J connectivity index is 1.41. The van der Waals surface area contributed by atoms with Crippen molar-refractivity contribution < 1.29 is 13.6 Å². The third kappa shape index (κ3) is 8.37. The largest absolute Gasteiger partial charge is 0.381 e. The van der Waals surface area contributed by atoms with Crippen molar-refractivity contribution in [3.63, 3.8) is 0 Å². The molecule has 1 aliphatic heterocycles. The maximum absolute atomic E-state index is 13.6. The molecule has 0 bridgehead atoms. The maximum Gasteiger partial charge on any atom is 0.221 e. The van der Waals surface area contributed by atoms with Gasteiger partial charge >= 0.3 is 0 Å². The van der Waals surface area contributed by atoms with Crippen LogP contribution in [-0.4, -0.2) is 73.0 Å². The molecule has 40 heavy (non-hydrogen) atoms. The Labute approximate surface area is 235 Å². The average Bonchev–Trinajstić information content (AvgIpc) is 2.93. The summed E-state index contributed by atoms with van der Waals surface area (Å²) in [5, 5.41) is 6.52. The standard InChI is InChI=1S/C30H39F2N7O/c1-3-37(4-2)8-9-38-10-12-39(13-11-38)27-7-5-6-26(18-27)36-30-19-28(23(21-35-30)16-29(33)40)34-20-22-14-24(31)17-25(32)15-22/h5-7,14-15,17-19,21H,3-4,8-13,16,20H2,1-2H3,(H2,33,40)(H2,34,35,36). The van der Waals surface area contributed by atoms with Crippen LogP contribution in [-0.2, 0) is 17.8 Å². The fourth-order valence-corrected chi connectivity index (χ4v) is 4.94. The Bertz CT molecular complexity index is 1260. The van der Waals surface area contributed by atoms with Crippen molar-refractivity contribution in [2.45, 2.75) is 26.8 Å². The Morgan fingerprint density at radius 2 is 1.75 bits per heavy atom. The lowest BCUT2D eigenvalue weighted by atomic mass is 10.1. The molecule has 10 heteroatoms. The molecule has 1 saturated heterocycles. The third-order valence-corrected chi connectivity index (χ3v) is 7.24. The van der Waals surface area contributed by atoms with E-state index in [1.165, 1.54) is 12.1 Å². The van der Waals surface area contributed by atoms with E-state index in [2.05, 4.69) is 56.3 Å². The molecule has 2 heterocycles. The fourth-order valence-electron chi connectivity index (χ4n) is 4.94. The number of primary amides is 1. The lowest BCUT2D eigenvalue weighted by molar-refractivity contribution is -0.117. The van der Waals surface area contributed by atoms with E-state index in [0.717, 1.165) is 69.8 Å². The zero-order valence-corrected chi connectivity index (χ0v) is 23.3. The predicted molar refractivity (Wildman–Crippen MR) is 157 cm³/mol. The number of nitrogens with one attached hydrogen (secondary N) is 2. The smallest absolute Gasteiger partial charge is 0.221 e. The minimum absolute atomic E-state index is 0.0104. The highest BCUT2D eigenvalue weighted by Gasteiger charge is 2.18. The van der Waals surface area contributed by atoms with Crippen molar-refractivity contribution in [2.75, 3.05) is 67.9 Å². The number of halogens is 2. The maximum atomic E-state index is 13.6. The number of nitrogens with two attached hydrogens (primary N) is 1. The van der Waals surface area contributed by atoms with Crippen LogP contribution >= 0.6 is 0 Å². The molecule has 0 saturated carbocycles. The van der Waals surface area contributed by atoms with Gasteiger partial charge in [-0.1, -0.05) is 19.9 Å². The number of benzene rings is 2. The molecule has 1 fully saturated rings. The number of likely N-dealkylation sites (N-methyl/N-ethyl adjacent to an activating group) is 1. The highest BCUT2D eigenvalue weighted by Crippen LogP contribution is 2.26. The number of amides is 1. The Hall–Kier alpha value is -3.76. The molecule has 0 atom stereocenters.